The maximum absolute atomic E-state index is 11.4. The lowest BCUT2D eigenvalue weighted by Gasteiger charge is -2.14. The van der Waals surface area contributed by atoms with E-state index in [0.717, 1.165) is 25.1 Å². The molecule has 1 aliphatic heterocycles. The van der Waals surface area contributed by atoms with E-state index in [0.29, 0.717) is 0 Å². The van der Waals surface area contributed by atoms with E-state index in [1.807, 2.05) is 13.8 Å². The van der Waals surface area contributed by atoms with Gasteiger partial charge in [0.05, 0.1) is 0 Å². The number of carbonyl (C=O) groups excluding carboxylic acids is 1. The molecule has 0 saturated heterocycles. The highest BCUT2D eigenvalue weighted by Crippen LogP contribution is 2.08. The van der Waals surface area contributed by atoms with Crippen molar-refractivity contribution in [3.8, 4) is 0 Å². The zero-order valence-electron chi connectivity index (χ0n) is 7.18. The second kappa shape index (κ2) is 3.67. The van der Waals surface area contributed by atoms with E-state index in [9.17, 15) is 4.79 Å². The molecule has 0 aromatic heterocycles. The lowest BCUT2D eigenvalue weighted by molar-refractivity contribution is -0.118. The fraction of sp³-hybridized carbons (Fsp3) is 0.667. The molecular formula is C9H15NO. The minimum absolute atomic E-state index is 0.140. The maximum Gasteiger partial charge on any atom is 0.162 e. The van der Waals surface area contributed by atoms with Crippen LogP contribution in [0.3, 0.4) is 0 Å². The Bertz CT molecular complexity index is 182. The van der Waals surface area contributed by atoms with Gasteiger partial charge in [-0.2, -0.15) is 0 Å². The first kappa shape index (κ1) is 8.47. The highest BCUT2D eigenvalue weighted by molar-refractivity contribution is 5.97. The minimum atomic E-state index is 0.140. The van der Waals surface area contributed by atoms with Crippen LogP contribution in [0.5, 0.6) is 0 Å². The first-order chi connectivity index (χ1) is 5.22. The number of nitrogens with one attached hydrogen (secondary N) is 1. The summed E-state index contributed by atoms with van der Waals surface area (Å²) in [4.78, 5) is 11.4. The lowest BCUT2D eigenvalue weighted by atomic mass is 9.98. The van der Waals surface area contributed by atoms with Crippen LogP contribution in [0.25, 0.3) is 0 Å². The van der Waals surface area contributed by atoms with Crippen LogP contribution in [0.2, 0.25) is 0 Å². The van der Waals surface area contributed by atoms with Gasteiger partial charge >= 0.3 is 0 Å². The summed E-state index contributed by atoms with van der Waals surface area (Å²) in [6.07, 6.45) is 3.05. The summed E-state index contributed by atoms with van der Waals surface area (Å²) >= 11 is 0. The van der Waals surface area contributed by atoms with E-state index in [4.69, 9.17) is 0 Å². The fourth-order valence-electron chi connectivity index (χ4n) is 1.20. The number of hydrogen-bond donors (Lipinski definition) is 1. The zero-order valence-corrected chi connectivity index (χ0v) is 7.18. The molecule has 0 fully saturated rings. The van der Waals surface area contributed by atoms with E-state index in [2.05, 4.69) is 11.4 Å². The molecule has 1 rings (SSSR count). The number of hydrogen-bond acceptors (Lipinski definition) is 2. The molecule has 62 valence electrons. The molecule has 0 unspecified atom stereocenters. The molecule has 1 N–H and O–H groups in total. The smallest absolute Gasteiger partial charge is 0.162 e. The normalized spacial score (nSPS) is 18.3. The van der Waals surface area contributed by atoms with Crippen LogP contribution in [0.15, 0.2) is 11.6 Å². The summed E-state index contributed by atoms with van der Waals surface area (Å²) in [6.45, 7) is 5.65. The van der Waals surface area contributed by atoms with Gasteiger partial charge in [0.2, 0.25) is 0 Å². The first-order valence-electron chi connectivity index (χ1n) is 4.16. The monoisotopic (exact) mass is 153 g/mol. The predicted octanol–water partition coefficient (Wildman–Crippen LogP) is 1.13. The van der Waals surface area contributed by atoms with Crippen LogP contribution in [-0.4, -0.2) is 18.9 Å². The summed E-state index contributed by atoms with van der Waals surface area (Å²) in [6, 6.07) is 0. The molecule has 11 heavy (non-hydrogen) atoms. The van der Waals surface area contributed by atoms with E-state index >= 15 is 0 Å². The molecule has 0 saturated carbocycles. The molecule has 1 aliphatic rings. The van der Waals surface area contributed by atoms with Crippen LogP contribution in [0, 0.1) is 5.92 Å². The van der Waals surface area contributed by atoms with E-state index in [1.54, 1.807) is 0 Å². The third-order valence-electron chi connectivity index (χ3n) is 1.87. The number of Topliss-reactive ketones (excluding diaryl/α,β-unsaturated/α-hetero) is 1. The van der Waals surface area contributed by atoms with Gasteiger partial charge in [0.25, 0.3) is 0 Å². The van der Waals surface area contributed by atoms with Crippen molar-refractivity contribution in [3.05, 3.63) is 11.6 Å². The lowest BCUT2D eigenvalue weighted by Crippen LogP contribution is -2.27. The van der Waals surface area contributed by atoms with Gasteiger partial charge in [-0.15, -0.1) is 0 Å². The van der Waals surface area contributed by atoms with Gasteiger partial charge in [0, 0.05) is 18.0 Å². The molecule has 1 heterocycles. The molecule has 0 radical (unpaired) electrons. The topological polar surface area (TPSA) is 29.1 Å². The fourth-order valence-corrected chi connectivity index (χ4v) is 1.20. The summed E-state index contributed by atoms with van der Waals surface area (Å²) < 4.78 is 0. The summed E-state index contributed by atoms with van der Waals surface area (Å²) in [5, 5.41) is 3.18. The SMILES string of the molecule is CC(C)C(=O)C1=CCCNC1. The largest absolute Gasteiger partial charge is 0.312 e. The standard InChI is InChI=1S/C9H15NO/c1-7(2)9(11)8-4-3-5-10-6-8/h4,7,10H,3,5-6H2,1-2H3. The Balaban J connectivity index is 2.58. The van der Waals surface area contributed by atoms with Gasteiger partial charge in [-0.3, -0.25) is 4.79 Å². The van der Waals surface area contributed by atoms with Gasteiger partial charge in [-0.05, 0) is 13.0 Å². The van der Waals surface area contributed by atoms with Crippen molar-refractivity contribution in [1.29, 1.82) is 0 Å². The number of ketones is 1. The molecule has 0 aromatic rings. The Labute approximate surface area is 67.7 Å². The molecule has 0 bridgehead atoms. The van der Waals surface area contributed by atoms with Crippen molar-refractivity contribution in [2.24, 2.45) is 5.92 Å². The quantitative estimate of drug-likeness (QED) is 0.644. The van der Waals surface area contributed by atoms with Crippen molar-refractivity contribution in [3.63, 3.8) is 0 Å². The van der Waals surface area contributed by atoms with Crippen LogP contribution >= 0.6 is 0 Å². The van der Waals surface area contributed by atoms with Crippen LogP contribution in [0.4, 0.5) is 0 Å². The van der Waals surface area contributed by atoms with Crippen LogP contribution < -0.4 is 5.32 Å². The highest BCUT2D eigenvalue weighted by atomic mass is 16.1. The Hall–Kier alpha value is -0.630. The van der Waals surface area contributed by atoms with E-state index < -0.39 is 0 Å². The van der Waals surface area contributed by atoms with Gasteiger partial charge < -0.3 is 5.32 Å². The second-order valence-electron chi connectivity index (χ2n) is 3.21. The van der Waals surface area contributed by atoms with Gasteiger partial charge in [-0.25, -0.2) is 0 Å². The van der Waals surface area contributed by atoms with Gasteiger partial charge in [0.1, 0.15) is 0 Å². The van der Waals surface area contributed by atoms with Crippen LogP contribution in [-0.2, 0) is 4.79 Å². The van der Waals surface area contributed by atoms with Gasteiger partial charge in [-0.1, -0.05) is 19.9 Å². The van der Waals surface area contributed by atoms with Crippen molar-refractivity contribution in [2.45, 2.75) is 20.3 Å². The second-order valence-corrected chi connectivity index (χ2v) is 3.21. The third-order valence-corrected chi connectivity index (χ3v) is 1.87. The number of rotatable bonds is 2. The maximum atomic E-state index is 11.4. The van der Waals surface area contributed by atoms with Crippen molar-refractivity contribution < 1.29 is 4.79 Å². The summed E-state index contributed by atoms with van der Waals surface area (Å²) in [5.74, 6) is 0.429. The predicted molar refractivity (Wildman–Crippen MR) is 45.4 cm³/mol. The van der Waals surface area contributed by atoms with Crippen molar-refractivity contribution >= 4 is 5.78 Å². The van der Waals surface area contributed by atoms with Gasteiger partial charge in [0.15, 0.2) is 5.78 Å². The molecule has 2 nitrogen and oxygen atoms in total. The zero-order chi connectivity index (χ0) is 8.27. The first-order valence-corrected chi connectivity index (χ1v) is 4.16. The molecule has 0 atom stereocenters. The molecular weight excluding hydrogens is 138 g/mol. The molecule has 0 spiro atoms. The molecule has 2 heteroatoms. The van der Waals surface area contributed by atoms with E-state index in [1.165, 1.54) is 0 Å². The summed E-state index contributed by atoms with van der Waals surface area (Å²) in [5.41, 5.74) is 0.964. The third kappa shape index (κ3) is 2.15. The number of carbonyl (C=O) groups is 1. The van der Waals surface area contributed by atoms with Crippen molar-refractivity contribution in [1.82, 2.24) is 5.32 Å². The summed E-state index contributed by atoms with van der Waals surface area (Å²) in [7, 11) is 0. The Kier molecular flexibility index (Phi) is 2.83. The van der Waals surface area contributed by atoms with Crippen molar-refractivity contribution in [2.75, 3.05) is 13.1 Å². The average Bonchev–Trinajstić information content (AvgIpc) is 2.05. The average molecular weight is 153 g/mol. The Morgan fingerprint density at radius 3 is 2.82 bits per heavy atom. The Morgan fingerprint density at radius 1 is 1.64 bits per heavy atom. The molecule has 0 amide bonds. The van der Waals surface area contributed by atoms with E-state index in [-0.39, 0.29) is 11.7 Å². The van der Waals surface area contributed by atoms with Crippen LogP contribution in [0.1, 0.15) is 20.3 Å². The minimum Gasteiger partial charge on any atom is -0.312 e. The molecule has 0 aliphatic carbocycles. The molecule has 0 aromatic carbocycles. The Morgan fingerprint density at radius 2 is 2.36 bits per heavy atom. The highest BCUT2D eigenvalue weighted by Gasteiger charge is 2.14.